The monoisotopic (exact) mass is 257 g/mol. The highest BCUT2D eigenvalue weighted by molar-refractivity contribution is 5.70. The van der Waals surface area contributed by atoms with Gasteiger partial charge in [-0.3, -0.25) is 9.78 Å². The predicted molar refractivity (Wildman–Crippen MR) is 71.9 cm³/mol. The van der Waals surface area contributed by atoms with E-state index in [-0.39, 0.29) is 6.42 Å². The second-order valence-corrected chi connectivity index (χ2v) is 4.18. The molecule has 0 unspecified atom stereocenters. The summed E-state index contributed by atoms with van der Waals surface area (Å²) in [6.07, 6.45) is 3.29. The van der Waals surface area contributed by atoms with Crippen LogP contribution in [0.5, 0.6) is 0 Å². The Morgan fingerprint density at radius 3 is 2.58 bits per heavy atom. The zero-order valence-electron chi connectivity index (χ0n) is 10.6. The minimum Gasteiger partial charge on any atom is -0.481 e. The van der Waals surface area contributed by atoms with Gasteiger partial charge in [0.1, 0.15) is 5.82 Å². The van der Waals surface area contributed by atoms with Crippen molar-refractivity contribution in [3.8, 4) is 0 Å². The van der Waals surface area contributed by atoms with Crippen molar-refractivity contribution in [2.45, 2.75) is 19.9 Å². The van der Waals surface area contributed by atoms with Crippen molar-refractivity contribution in [1.29, 1.82) is 0 Å². The van der Waals surface area contributed by atoms with Gasteiger partial charge in [0.15, 0.2) is 0 Å². The molecule has 0 aliphatic rings. The van der Waals surface area contributed by atoms with Gasteiger partial charge in [-0.15, -0.1) is 0 Å². The second-order valence-electron chi connectivity index (χ2n) is 4.18. The Morgan fingerprint density at radius 2 is 1.89 bits per heavy atom. The van der Waals surface area contributed by atoms with Gasteiger partial charge >= 0.3 is 5.97 Å². The molecule has 0 radical (unpaired) electrons. The van der Waals surface area contributed by atoms with E-state index in [4.69, 9.17) is 5.11 Å². The first-order valence-electron chi connectivity index (χ1n) is 5.97. The number of aliphatic carboxylic acids is 1. The van der Waals surface area contributed by atoms with Crippen LogP contribution in [-0.2, 0) is 17.8 Å². The van der Waals surface area contributed by atoms with E-state index in [1.807, 2.05) is 31.2 Å². The Kier molecular flexibility index (Phi) is 4.07. The van der Waals surface area contributed by atoms with Crippen LogP contribution in [0.15, 0.2) is 36.7 Å². The van der Waals surface area contributed by atoms with Gasteiger partial charge in [0.05, 0.1) is 12.1 Å². The minimum atomic E-state index is -0.830. The number of carboxylic acid groups (broad SMARTS) is 1. The predicted octanol–water partition coefficient (Wildman–Crippen LogP) is 2.02. The van der Waals surface area contributed by atoms with Crippen molar-refractivity contribution in [2.75, 3.05) is 5.32 Å². The fourth-order valence-electron chi connectivity index (χ4n) is 1.83. The molecule has 1 heterocycles. The number of carbonyl (C=O) groups is 1. The smallest absolute Gasteiger partial charge is 0.307 e. The lowest BCUT2D eigenvalue weighted by molar-refractivity contribution is -0.136. The zero-order chi connectivity index (χ0) is 13.7. The van der Waals surface area contributed by atoms with Crippen LogP contribution in [0.1, 0.15) is 16.8 Å². The van der Waals surface area contributed by atoms with Gasteiger partial charge in [0.25, 0.3) is 0 Å². The highest BCUT2D eigenvalue weighted by Gasteiger charge is 2.07. The van der Waals surface area contributed by atoms with E-state index in [0.29, 0.717) is 12.4 Å². The summed E-state index contributed by atoms with van der Waals surface area (Å²) in [5, 5.41) is 12.1. The van der Waals surface area contributed by atoms with Gasteiger partial charge in [-0.1, -0.05) is 24.3 Å². The van der Waals surface area contributed by atoms with E-state index < -0.39 is 5.97 Å². The summed E-state index contributed by atoms with van der Waals surface area (Å²) in [5.41, 5.74) is 2.58. The molecule has 98 valence electrons. The number of benzene rings is 1. The van der Waals surface area contributed by atoms with Crippen LogP contribution in [0.4, 0.5) is 5.82 Å². The van der Waals surface area contributed by atoms with Gasteiger partial charge in [-0.2, -0.15) is 0 Å². The van der Waals surface area contributed by atoms with Gasteiger partial charge in [0.2, 0.25) is 0 Å². The van der Waals surface area contributed by atoms with Crippen LogP contribution in [-0.4, -0.2) is 21.0 Å². The van der Waals surface area contributed by atoms with Crippen molar-refractivity contribution in [1.82, 2.24) is 9.97 Å². The van der Waals surface area contributed by atoms with E-state index in [0.717, 1.165) is 16.8 Å². The molecule has 2 rings (SSSR count). The van der Waals surface area contributed by atoms with E-state index in [9.17, 15) is 4.79 Å². The summed E-state index contributed by atoms with van der Waals surface area (Å²) in [6, 6.07) is 7.48. The molecule has 0 aliphatic heterocycles. The maximum absolute atomic E-state index is 10.8. The first kappa shape index (κ1) is 13.0. The molecule has 0 aliphatic carbocycles. The molecule has 5 heteroatoms. The molecular formula is C14H15N3O2. The van der Waals surface area contributed by atoms with Gasteiger partial charge in [-0.25, -0.2) is 4.98 Å². The normalized spacial score (nSPS) is 10.2. The number of rotatable bonds is 5. The molecule has 19 heavy (non-hydrogen) atoms. The maximum Gasteiger partial charge on any atom is 0.307 e. The topological polar surface area (TPSA) is 75.1 Å². The molecule has 2 aromatic rings. The number of hydrogen-bond acceptors (Lipinski definition) is 4. The summed E-state index contributed by atoms with van der Waals surface area (Å²) in [6.45, 7) is 2.40. The number of nitrogens with zero attached hydrogens (tertiary/aromatic N) is 2. The van der Waals surface area contributed by atoms with Crippen LogP contribution in [0.25, 0.3) is 0 Å². The molecule has 1 aromatic carbocycles. The zero-order valence-corrected chi connectivity index (χ0v) is 10.6. The Hall–Kier alpha value is -2.43. The van der Waals surface area contributed by atoms with Crippen molar-refractivity contribution in [2.24, 2.45) is 0 Å². The molecule has 2 N–H and O–H groups in total. The lowest BCUT2D eigenvalue weighted by Gasteiger charge is -2.10. The van der Waals surface area contributed by atoms with E-state index in [2.05, 4.69) is 15.3 Å². The molecule has 0 bridgehead atoms. The van der Waals surface area contributed by atoms with E-state index >= 15 is 0 Å². The van der Waals surface area contributed by atoms with Crippen LogP contribution in [0, 0.1) is 6.92 Å². The average Bonchev–Trinajstić information content (AvgIpc) is 2.39. The number of anilines is 1. The third-order valence-electron chi connectivity index (χ3n) is 2.79. The average molecular weight is 257 g/mol. The third kappa shape index (κ3) is 3.51. The van der Waals surface area contributed by atoms with Crippen molar-refractivity contribution in [3.05, 3.63) is 53.5 Å². The number of aromatic nitrogens is 2. The number of hydrogen-bond donors (Lipinski definition) is 2. The summed E-state index contributed by atoms with van der Waals surface area (Å²) < 4.78 is 0. The Labute approximate surface area is 111 Å². The van der Waals surface area contributed by atoms with E-state index in [1.165, 1.54) is 0 Å². The molecular weight excluding hydrogens is 242 g/mol. The Bertz CT molecular complexity index is 584. The molecule has 0 amide bonds. The van der Waals surface area contributed by atoms with Crippen molar-refractivity contribution in [3.63, 3.8) is 0 Å². The van der Waals surface area contributed by atoms with Crippen LogP contribution < -0.4 is 5.32 Å². The van der Waals surface area contributed by atoms with Crippen molar-refractivity contribution >= 4 is 11.8 Å². The number of aryl methyl sites for hydroxylation is 1. The quantitative estimate of drug-likeness (QED) is 0.857. The molecule has 0 saturated carbocycles. The molecule has 0 fully saturated rings. The lowest BCUT2D eigenvalue weighted by atomic mass is 10.0. The van der Waals surface area contributed by atoms with Gasteiger partial charge in [0, 0.05) is 18.9 Å². The highest BCUT2D eigenvalue weighted by Crippen LogP contribution is 2.13. The van der Waals surface area contributed by atoms with Crippen LogP contribution >= 0.6 is 0 Å². The Balaban J connectivity index is 2.11. The lowest BCUT2D eigenvalue weighted by Crippen LogP contribution is -2.08. The first-order chi connectivity index (χ1) is 9.16. The fourth-order valence-corrected chi connectivity index (χ4v) is 1.83. The first-order valence-corrected chi connectivity index (χ1v) is 5.97. The van der Waals surface area contributed by atoms with Crippen LogP contribution in [0.3, 0.4) is 0 Å². The summed E-state index contributed by atoms with van der Waals surface area (Å²) in [4.78, 5) is 19.1. The maximum atomic E-state index is 10.8. The number of carboxylic acids is 1. The molecule has 0 spiro atoms. The third-order valence-corrected chi connectivity index (χ3v) is 2.79. The highest BCUT2D eigenvalue weighted by atomic mass is 16.4. The van der Waals surface area contributed by atoms with Gasteiger partial charge in [-0.05, 0) is 18.1 Å². The minimum absolute atomic E-state index is 0.0251. The van der Waals surface area contributed by atoms with Crippen LogP contribution in [0.2, 0.25) is 0 Å². The fraction of sp³-hybridized carbons (Fsp3) is 0.214. The standard InChI is InChI=1S/C14H15N3O2/c1-10-14(16-7-6-15-10)17-9-12-5-3-2-4-11(12)8-13(18)19/h2-7H,8-9H2,1H3,(H,16,17)(H,18,19). The summed E-state index contributed by atoms with van der Waals surface area (Å²) >= 11 is 0. The Morgan fingerprint density at radius 1 is 1.21 bits per heavy atom. The summed E-state index contributed by atoms with van der Waals surface area (Å²) in [7, 11) is 0. The largest absolute Gasteiger partial charge is 0.481 e. The molecule has 5 nitrogen and oxygen atoms in total. The molecule has 0 atom stereocenters. The number of nitrogens with one attached hydrogen (secondary N) is 1. The SMILES string of the molecule is Cc1nccnc1NCc1ccccc1CC(=O)O. The van der Waals surface area contributed by atoms with Gasteiger partial charge < -0.3 is 10.4 Å². The molecule has 1 aromatic heterocycles. The second kappa shape index (κ2) is 5.95. The summed E-state index contributed by atoms with van der Waals surface area (Å²) in [5.74, 6) is -0.115. The molecule has 0 saturated heterocycles. The van der Waals surface area contributed by atoms with E-state index in [1.54, 1.807) is 12.4 Å². The van der Waals surface area contributed by atoms with Crippen molar-refractivity contribution < 1.29 is 9.90 Å².